The first-order chi connectivity index (χ1) is 11.5. The summed E-state index contributed by atoms with van der Waals surface area (Å²) in [6.45, 7) is 3.03. The van der Waals surface area contributed by atoms with E-state index in [4.69, 9.17) is 0 Å². The van der Waals surface area contributed by atoms with Crippen molar-refractivity contribution < 1.29 is 9.59 Å². The molecule has 2 heterocycles. The summed E-state index contributed by atoms with van der Waals surface area (Å²) in [4.78, 5) is 22.3. The Labute approximate surface area is 147 Å². The molecule has 0 aliphatic heterocycles. The number of Topliss-reactive ketones (excluding diaryl/α,β-unsaturated/α-hetero) is 1. The number of nitrogens with one attached hydrogen (secondary N) is 1. The molecule has 1 N–H and O–H groups in total. The number of hydrogen-bond acceptors (Lipinski definition) is 8. The van der Waals surface area contributed by atoms with E-state index in [0.29, 0.717) is 23.4 Å². The summed E-state index contributed by atoms with van der Waals surface area (Å²) in [5.41, 5.74) is 0. The molecule has 9 heteroatoms. The lowest BCUT2D eigenvalue weighted by atomic mass is 9.82. The molecular formula is C15H19N5O2S2. The zero-order valence-electron chi connectivity index (χ0n) is 13.6. The summed E-state index contributed by atoms with van der Waals surface area (Å²) in [5.74, 6) is 0.670. The van der Waals surface area contributed by atoms with Gasteiger partial charge in [-0.2, -0.15) is 0 Å². The Morgan fingerprint density at radius 2 is 1.71 bits per heavy atom. The van der Waals surface area contributed by atoms with E-state index in [9.17, 15) is 9.59 Å². The van der Waals surface area contributed by atoms with Gasteiger partial charge in [-0.15, -0.1) is 31.7 Å². The number of hydrogen-bond donors (Lipinski definition) is 1. The number of anilines is 1. The van der Waals surface area contributed by atoms with E-state index in [1.807, 2.05) is 0 Å². The average molecular weight is 365 g/mol. The molecule has 0 bridgehead atoms. The molecule has 24 heavy (non-hydrogen) atoms. The van der Waals surface area contributed by atoms with Gasteiger partial charge in [0.05, 0.1) is 6.42 Å². The summed E-state index contributed by atoms with van der Waals surface area (Å²) in [7, 11) is 0. The summed E-state index contributed by atoms with van der Waals surface area (Å²) in [5, 5.41) is 22.7. The van der Waals surface area contributed by atoms with Crippen LogP contribution in [-0.2, 0) is 16.0 Å². The van der Waals surface area contributed by atoms with Crippen molar-refractivity contribution in [1.82, 2.24) is 20.4 Å². The highest BCUT2D eigenvalue weighted by atomic mass is 32.1. The Morgan fingerprint density at radius 1 is 1.04 bits per heavy atom. The molecule has 1 aliphatic carbocycles. The van der Waals surface area contributed by atoms with E-state index in [2.05, 4.69) is 25.7 Å². The van der Waals surface area contributed by atoms with E-state index >= 15 is 0 Å². The molecule has 1 saturated carbocycles. The molecule has 0 spiro atoms. The van der Waals surface area contributed by atoms with Gasteiger partial charge < -0.3 is 5.32 Å². The van der Waals surface area contributed by atoms with Crippen LogP contribution in [0.25, 0.3) is 0 Å². The molecule has 0 unspecified atom stereocenters. The highest BCUT2D eigenvalue weighted by Crippen LogP contribution is 2.43. The summed E-state index contributed by atoms with van der Waals surface area (Å²) in [6.07, 6.45) is 4.59. The molecule has 2 atom stereocenters. The van der Waals surface area contributed by atoms with Crippen LogP contribution in [0.5, 0.6) is 0 Å². The third-order valence-electron chi connectivity index (χ3n) is 3.98. The molecular weight excluding hydrogens is 346 g/mol. The van der Waals surface area contributed by atoms with Gasteiger partial charge in [-0.1, -0.05) is 17.8 Å². The van der Waals surface area contributed by atoms with Crippen molar-refractivity contribution in [3.05, 3.63) is 15.0 Å². The van der Waals surface area contributed by atoms with Crippen molar-refractivity contribution in [3.8, 4) is 0 Å². The SMILES string of the molecule is CC(=O)Cc1nnc([C@@H]2CCC[C@@H](c3nnc(NC(C)=O)s3)C2)s1. The number of carbonyl (C=O) groups excluding carboxylic acids is 2. The minimum absolute atomic E-state index is 0.110. The fourth-order valence-corrected chi connectivity index (χ4v) is 4.95. The number of amides is 1. The molecule has 0 aromatic carbocycles. The number of carbonyl (C=O) groups is 2. The Hall–Kier alpha value is -1.74. The van der Waals surface area contributed by atoms with Gasteiger partial charge in [-0.3, -0.25) is 9.59 Å². The van der Waals surface area contributed by atoms with E-state index in [1.54, 1.807) is 18.3 Å². The number of nitrogens with zero attached hydrogens (tertiary/aromatic N) is 4. The molecule has 1 aliphatic rings. The standard InChI is InChI=1S/C15H19N5O2S2/c1-8(21)6-12-17-18-13(23-12)10-4-3-5-11(7-10)14-19-20-15(24-14)16-9(2)22/h10-11H,3-7H2,1-2H3,(H,16,20,22)/t10-,11-/m1/s1. The molecule has 2 aromatic rings. The lowest BCUT2D eigenvalue weighted by Gasteiger charge is -2.25. The van der Waals surface area contributed by atoms with E-state index < -0.39 is 0 Å². The lowest BCUT2D eigenvalue weighted by Crippen LogP contribution is -2.12. The monoisotopic (exact) mass is 365 g/mol. The van der Waals surface area contributed by atoms with Crippen LogP contribution in [0.1, 0.15) is 66.4 Å². The van der Waals surface area contributed by atoms with Crippen molar-refractivity contribution >= 4 is 39.5 Å². The summed E-state index contributed by atoms with van der Waals surface area (Å²) in [6, 6.07) is 0. The van der Waals surface area contributed by atoms with Crippen molar-refractivity contribution in [1.29, 1.82) is 0 Å². The molecule has 2 aromatic heterocycles. The van der Waals surface area contributed by atoms with E-state index in [0.717, 1.165) is 40.7 Å². The second kappa shape index (κ2) is 7.43. The van der Waals surface area contributed by atoms with E-state index in [1.165, 1.54) is 18.3 Å². The number of rotatable bonds is 5. The summed E-state index contributed by atoms with van der Waals surface area (Å²) >= 11 is 2.99. The van der Waals surface area contributed by atoms with Crippen molar-refractivity contribution in [3.63, 3.8) is 0 Å². The Bertz CT molecular complexity index is 682. The normalized spacial score (nSPS) is 20.8. The molecule has 0 radical (unpaired) electrons. The maximum Gasteiger partial charge on any atom is 0.223 e. The van der Waals surface area contributed by atoms with Gasteiger partial charge in [0.25, 0.3) is 0 Å². The minimum atomic E-state index is -0.133. The Balaban J connectivity index is 1.67. The second-order valence-corrected chi connectivity index (χ2v) is 8.20. The largest absolute Gasteiger partial charge is 0.301 e. The van der Waals surface area contributed by atoms with Gasteiger partial charge in [0, 0.05) is 18.8 Å². The zero-order valence-corrected chi connectivity index (χ0v) is 15.2. The highest BCUT2D eigenvalue weighted by molar-refractivity contribution is 7.15. The molecule has 7 nitrogen and oxygen atoms in total. The maximum absolute atomic E-state index is 11.2. The molecule has 1 amide bonds. The molecule has 0 saturated heterocycles. The van der Waals surface area contributed by atoms with Gasteiger partial charge in [0.15, 0.2) is 0 Å². The van der Waals surface area contributed by atoms with Crippen LogP contribution in [0.3, 0.4) is 0 Å². The van der Waals surface area contributed by atoms with Gasteiger partial charge >= 0.3 is 0 Å². The first kappa shape index (κ1) is 17.1. The zero-order chi connectivity index (χ0) is 17.1. The Kier molecular flexibility index (Phi) is 5.30. The number of ketones is 1. The maximum atomic E-state index is 11.2. The molecule has 3 rings (SSSR count). The van der Waals surface area contributed by atoms with Crippen LogP contribution < -0.4 is 5.32 Å². The molecule has 128 valence electrons. The smallest absolute Gasteiger partial charge is 0.223 e. The van der Waals surface area contributed by atoms with Gasteiger partial charge in [-0.25, -0.2) is 0 Å². The first-order valence-corrected chi connectivity index (χ1v) is 9.57. The van der Waals surface area contributed by atoms with Crippen LogP contribution in [0.2, 0.25) is 0 Å². The fourth-order valence-electron chi connectivity index (χ4n) is 2.95. The van der Waals surface area contributed by atoms with Crippen LogP contribution in [0, 0.1) is 0 Å². The second-order valence-electron chi connectivity index (χ2n) is 6.10. The van der Waals surface area contributed by atoms with Gasteiger partial charge in [-0.05, 0) is 26.2 Å². The van der Waals surface area contributed by atoms with Crippen molar-refractivity contribution in [2.24, 2.45) is 0 Å². The molecule has 1 fully saturated rings. The number of aromatic nitrogens is 4. The third kappa shape index (κ3) is 4.21. The van der Waals surface area contributed by atoms with Crippen molar-refractivity contribution in [2.45, 2.75) is 57.8 Å². The van der Waals surface area contributed by atoms with E-state index in [-0.39, 0.29) is 11.7 Å². The topological polar surface area (TPSA) is 97.7 Å². The summed E-state index contributed by atoms with van der Waals surface area (Å²) < 4.78 is 0. The lowest BCUT2D eigenvalue weighted by molar-refractivity contribution is -0.116. The fraction of sp³-hybridized carbons (Fsp3) is 0.600. The minimum Gasteiger partial charge on any atom is -0.301 e. The van der Waals surface area contributed by atoms with Gasteiger partial charge in [0.2, 0.25) is 11.0 Å². The quantitative estimate of drug-likeness (QED) is 0.875. The predicted octanol–water partition coefficient (Wildman–Crippen LogP) is 2.92. The van der Waals surface area contributed by atoms with Crippen LogP contribution in [0.4, 0.5) is 5.13 Å². The van der Waals surface area contributed by atoms with Gasteiger partial charge in [0.1, 0.15) is 20.8 Å². The van der Waals surface area contributed by atoms with Crippen LogP contribution in [-0.4, -0.2) is 32.1 Å². The van der Waals surface area contributed by atoms with Crippen LogP contribution >= 0.6 is 22.7 Å². The van der Waals surface area contributed by atoms with Crippen LogP contribution in [0.15, 0.2) is 0 Å². The predicted molar refractivity (Wildman–Crippen MR) is 92.5 cm³/mol. The van der Waals surface area contributed by atoms with Crippen molar-refractivity contribution in [2.75, 3.05) is 5.32 Å². The Morgan fingerprint density at radius 3 is 2.38 bits per heavy atom. The third-order valence-corrected chi connectivity index (χ3v) is 6.07. The average Bonchev–Trinajstić information content (AvgIpc) is 3.16. The first-order valence-electron chi connectivity index (χ1n) is 7.94. The highest BCUT2D eigenvalue weighted by Gasteiger charge is 2.29.